The summed E-state index contributed by atoms with van der Waals surface area (Å²) >= 11 is 0. The van der Waals surface area contributed by atoms with Crippen molar-refractivity contribution in [1.29, 1.82) is 0 Å². The van der Waals surface area contributed by atoms with Gasteiger partial charge >= 0.3 is 0 Å². The van der Waals surface area contributed by atoms with Gasteiger partial charge < -0.3 is 0 Å². The number of halogens is 2. The van der Waals surface area contributed by atoms with Gasteiger partial charge in [-0.3, -0.25) is 4.90 Å². The largest absolute Gasteiger partial charge is 0.296 e. The van der Waals surface area contributed by atoms with Crippen LogP contribution in [0.3, 0.4) is 0 Å². The van der Waals surface area contributed by atoms with Crippen LogP contribution >= 0.6 is 0 Å². The smallest absolute Gasteiger partial charge is 0.130 e. The normalized spacial score (nSPS) is 23.0. The van der Waals surface area contributed by atoms with Crippen molar-refractivity contribution >= 4 is 0 Å². The van der Waals surface area contributed by atoms with Crippen LogP contribution in [0.4, 0.5) is 8.78 Å². The fourth-order valence-corrected chi connectivity index (χ4v) is 2.87. The van der Waals surface area contributed by atoms with Crippen LogP contribution in [0.1, 0.15) is 44.7 Å². The van der Waals surface area contributed by atoms with Crippen molar-refractivity contribution in [2.24, 2.45) is 5.92 Å². The summed E-state index contributed by atoms with van der Waals surface area (Å²) in [6.07, 6.45) is 3.50. The molecule has 0 spiro atoms. The van der Waals surface area contributed by atoms with Crippen molar-refractivity contribution in [2.45, 2.75) is 39.2 Å². The molecule has 0 bridgehead atoms. The predicted octanol–water partition coefficient (Wildman–Crippen LogP) is 4.15. The number of piperidine rings is 1. The Balaban J connectivity index is 2.17. The maximum atomic E-state index is 13.8. The van der Waals surface area contributed by atoms with E-state index in [0.717, 1.165) is 25.9 Å². The molecule has 100 valence electrons. The molecule has 3 heteroatoms. The molecular formula is C15H21F2N. The summed E-state index contributed by atoms with van der Waals surface area (Å²) in [6, 6.07) is 3.93. The number of benzene rings is 1. The third kappa shape index (κ3) is 2.72. The van der Waals surface area contributed by atoms with Crippen LogP contribution < -0.4 is 0 Å². The standard InChI is InChI=1S/C15H21F2N/c1-3-12-6-5-9-18(10-12)11(2)15-13(16)7-4-8-14(15)17/h4,7-8,11-12H,3,5-6,9-10H2,1-2H3/t11-,12-/m1/s1. The van der Waals surface area contributed by atoms with E-state index in [1.54, 1.807) is 0 Å². The average molecular weight is 253 g/mol. The molecule has 2 rings (SSSR count). The molecule has 0 aliphatic carbocycles. The summed E-state index contributed by atoms with van der Waals surface area (Å²) in [5.41, 5.74) is 0.217. The molecule has 1 saturated heterocycles. The highest BCUT2D eigenvalue weighted by atomic mass is 19.1. The van der Waals surface area contributed by atoms with E-state index >= 15 is 0 Å². The van der Waals surface area contributed by atoms with Crippen molar-refractivity contribution in [3.63, 3.8) is 0 Å². The second-order valence-corrected chi connectivity index (χ2v) is 5.22. The zero-order valence-electron chi connectivity index (χ0n) is 11.1. The molecule has 0 aromatic heterocycles. The van der Waals surface area contributed by atoms with Crippen LogP contribution in [0.5, 0.6) is 0 Å². The Kier molecular flexibility index (Phi) is 4.33. The van der Waals surface area contributed by atoms with Gasteiger partial charge in [0.05, 0.1) is 0 Å². The fourth-order valence-electron chi connectivity index (χ4n) is 2.87. The predicted molar refractivity (Wildman–Crippen MR) is 69.4 cm³/mol. The first-order valence-corrected chi connectivity index (χ1v) is 6.81. The Bertz CT molecular complexity index is 385. The summed E-state index contributed by atoms with van der Waals surface area (Å²) < 4.78 is 27.5. The van der Waals surface area contributed by atoms with E-state index in [0.29, 0.717) is 5.92 Å². The van der Waals surface area contributed by atoms with E-state index in [4.69, 9.17) is 0 Å². The highest BCUT2D eigenvalue weighted by Gasteiger charge is 2.26. The average Bonchev–Trinajstić information content (AvgIpc) is 2.38. The van der Waals surface area contributed by atoms with Crippen molar-refractivity contribution in [3.05, 3.63) is 35.4 Å². The van der Waals surface area contributed by atoms with E-state index < -0.39 is 11.6 Å². The lowest BCUT2D eigenvalue weighted by Gasteiger charge is -2.36. The summed E-state index contributed by atoms with van der Waals surface area (Å²) in [4.78, 5) is 2.21. The van der Waals surface area contributed by atoms with Crippen molar-refractivity contribution in [3.8, 4) is 0 Å². The van der Waals surface area contributed by atoms with Gasteiger partial charge in [-0.1, -0.05) is 19.4 Å². The van der Waals surface area contributed by atoms with Crippen LogP contribution in [0, 0.1) is 17.6 Å². The third-order valence-corrected chi connectivity index (χ3v) is 4.09. The molecule has 1 aliphatic heterocycles. The minimum Gasteiger partial charge on any atom is -0.296 e. The van der Waals surface area contributed by atoms with Crippen molar-refractivity contribution in [2.75, 3.05) is 13.1 Å². The van der Waals surface area contributed by atoms with E-state index in [9.17, 15) is 8.78 Å². The summed E-state index contributed by atoms with van der Waals surface area (Å²) in [5.74, 6) is -0.196. The second kappa shape index (κ2) is 5.79. The molecule has 2 atom stereocenters. The lowest BCUT2D eigenvalue weighted by molar-refractivity contribution is 0.125. The number of hydrogen-bond donors (Lipinski definition) is 0. The molecule has 1 aromatic rings. The maximum absolute atomic E-state index is 13.8. The van der Waals surface area contributed by atoms with Crippen LogP contribution in [-0.2, 0) is 0 Å². The number of likely N-dealkylation sites (tertiary alicyclic amines) is 1. The maximum Gasteiger partial charge on any atom is 0.130 e. The lowest BCUT2D eigenvalue weighted by atomic mass is 9.93. The molecule has 0 saturated carbocycles. The Labute approximate surface area is 108 Å². The molecule has 1 nitrogen and oxygen atoms in total. The minimum atomic E-state index is -0.430. The summed E-state index contributed by atoms with van der Waals surface area (Å²) in [5, 5.41) is 0. The quantitative estimate of drug-likeness (QED) is 0.782. The minimum absolute atomic E-state index is 0.180. The van der Waals surface area contributed by atoms with E-state index in [1.807, 2.05) is 6.92 Å². The lowest BCUT2D eigenvalue weighted by Crippen LogP contribution is -2.37. The topological polar surface area (TPSA) is 3.24 Å². The molecule has 0 N–H and O–H groups in total. The monoisotopic (exact) mass is 253 g/mol. The van der Waals surface area contributed by atoms with Crippen LogP contribution in [0.25, 0.3) is 0 Å². The first kappa shape index (κ1) is 13.5. The van der Waals surface area contributed by atoms with Gasteiger partial charge in [-0.25, -0.2) is 8.78 Å². The van der Waals surface area contributed by atoms with Gasteiger partial charge in [0.25, 0.3) is 0 Å². The molecular weight excluding hydrogens is 232 g/mol. The Morgan fingerprint density at radius 2 is 2.00 bits per heavy atom. The number of rotatable bonds is 3. The molecule has 0 radical (unpaired) electrons. The second-order valence-electron chi connectivity index (χ2n) is 5.22. The fraction of sp³-hybridized carbons (Fsp3) is 0.600. The molecule has 0 amide bonds. The Hall–Kier alpha value is -0.960. The first-order chi connectivity index (χ1) is 8.63. The first-order valence-electron chi connectivity index (χ1n) is 6.81. The number of nitrogens with zero attached hydrogens (tertiary/aromatic N) is 1. The van der Waals surface area contributed by atoms with E-state index in [1.165, 1.54) is 24.6 Å². The molecule has 0 unspecified atom stereocenters. The van der Waals surface area contributed by atoms with Crippen LogP contribution in [-0.4, -0.2) is 18.0 Å². The summed E-state index contributed by atoms with van der Waals surface area (Å²) in [7, 11) is 0. The van der Waals surface area contributed by atoms with Gasteiger partial charge in [0.1, 0.15) is 11.6 Å². The van der Waals surface area contributed by atoms with Gasteiger partial charge in [-0.05, 0) is 44.4 Å². The number of hydrogen-bond acceptors (Lipinski definition) is 1. The molecule has 1 aliphatic rings. The third-order valence-electron chi connectivity index (χ3n) is 4.09. The van der Waals surface area contributed by atoms with Crippen LogP contribution in [0.2, 0.25) is 0 Å². The zero-order valence-corrected chi connectivity index (χ0v) is 11.1. The summed E-state index contributed by atoms with van der Waals surface area (Å²) in [6.45, 7) is 5.97. The van der Waals surface area contributed by atoms with Gasteiger partial charge in [0.15, 0.2) is 0 Å². The highest BCUT2D eigenvalue weighted by molar-refractivity contribution is 5.23. The van der Waals surface area contributed by atoms with Crippen molar-refractivity contribution < 1.29 is 8.78 Å². The molecule has 1 heterocycles. The van der Waals surface area contributed by atoms with E-state index in [2.05, 4.69) is 11.8 Å². The van der Waals surface area contributed by atoms with E-state index in [-0.39, 0.29) is 11.6 Å². The van der Waals surface area contributed by atoms with Gasteiger partial charge in [0, 0.05) is 18.2 Å². The molecule has 18 heavy (non-hydrogen) atoms. The zero-order chi connectivity index (χ0) is 13.1. The van der Waals surface area contributed by atoms with Crippen LogP contribution in [0.15, 0.2) is 18.2 Å². The highest BCUT2D eigenvalue weighted by Crippen LogP contribution is 2.30. The SMILES string of the molecule is CC[C@@H]1CCCN([C@H](C)c2c(F)cccc2F)C1. The van der Waals surface area contributed by atoms with Gasteiger partial charge in [0.2, 0.25) is 0 Å². The molecule has 1 fully saturated rings. The Morgan fingerprint density at radius 3 is 2.61 bits per heavy atom. The Morgan fingerprint density at radius 1 is 1.33 bits per heavy atom. The van der Waals surface area contributed by atoms with Crippen molar-refractivity contribution in [1.82, 2.24) is 4.90 Å². The molecule has 1 aromatic carbocycles. The van der Waals surface area contributed by atoms with Gasteiger partial charge in [-0.15, -0.1) is 0 Å². The van der Waals surface area contributed by atoms with Gasteiger partial charge in [-0.2, -0.15) is 0 Å².